The number of benzene rings is 1. The van der Waals surface area contributed by atoms with Crippen LogP contribution in [0.25, 0.3) is 17.1 Å². The lowest BCUT2D eigenvalue weighted by molar-refractivity contribution is -0.128. The van der Waals surface area contributed by atoms with Crippen LogP contribution in [0.1, 0.15) is 44.5 Å². The van der Waals surface area contributed by atoms with Gasteiger partial charge in [0.2, 0.25) is 0 Å². The number of nitrogens with zero attached hydrogens (tertiary/aromatic N) is 3. The Balaban J connectivity index is 1.75. The van der Waals surface area contributed by atoms with E-state index in [9.17, 15) is 4.79 Å². The molecule has 2 aromatic heterocycles. The van der Waals surface area contributed by atoms with Gasteiger partial charge in [-0.2, -0.15) is 0 Å². The lowest BCUT2D eigenvalue weighted by atomic mass is 9.57. The number of rotatable bonds is 2. The highest BCUT2D eigenvalue weighted by Gasteiger charge is 2.50. The second-order valence-electron chi connectivity index (χ2n) is 8.46. The van der Waals surface area contributed by atoms with Crippen LogP contribution in [0.4, 0.5) is 0 Å². The summed E-state index contributed by atoms with van der Waals surface area (Å²) in [4.78, 5) is 21.8. The highest BCUT2D eigenvalue weighted by Crippen LogP contribution is 2.51. The molecule has 2 aliphatic carbocycles. The van der Waals surface area contributed by atoms with Crippen LogP contribution in [0.15, 0.2) is 54.9 Å². The number of para-hydroxylation sites is 1. The highest BCUT2D eigenvalue weighted by atomic mass is 16.1. The molecule has 2 heterocycles. The Morgan fingerprint density at radius 1 is 1.07 bits per heavy atom. The van der Waals surface area contributed by atoms with Gasteiger partial charge in [-0.05, 0) is 49.4 Å². The number of Topliss-reactive ketones (excluding diaryl/α,β-unsaturated/α-hetero) is 1. The molecular formula is C24H25N3O. The van der Waals surface area contributed by atoms with Crippen molar-refractivity contribution in [2.45, 2.75) is 44.9 Å². The third kappa shape index (κ3) is 2.47. The fourth-order valence-electron chi connectivity index (χ4n) is 5.42. The molecule has 28 heavy (non-hydrogen) atoms. The van der Waals surface area contributed by atoms with Gasteiger partial charge in [-0.25, -0.2) is 4.98 Å². The third-order valence-corrected chi connectivity index (χ3v) is 6.98. The molecule has 0 saturated heterocycles. The van der Waals surface area contributed by atoms with Gasteiger partial charge in [-0.15, -0.1) is 0 Å². The molecule has 3 atom stereocenters. The van der Waals surface area contributed by atoms with E-state index in [2.05, 4.69) is 47.7 Å². The number of hydrogen-bond donors (Lipinski definition) is 0. The average molecular weight is 371 g/mol. The number of pyridine rings is 1. The molecular weight excluding hydrogens is 346 g/mol. The molecule has 4 nitrogen and oxygen atoms in total. The van der Waals surface area contributed by atoms with Crippen LogP contribution in [0.5, 0.6) is 0 Å². The van der Waals surface area contributed by atoms with Gasteiger partial charge < -0.3 is 0 Å². The van der Waals surface area contributed by atoms with Crippen LogP contribution in [0.3, 0.4) is 0 Å². The molecule has 2 aliphatic rings. The van der Waals surface area contributed by atoms with Crippen molar-refractivity contribution in [1.29, 1.82) is 0 Å². The number of aromatic nitrogens is 3. The number of hydrogen-bond acceptors (Lipinski definition) is 3. The summed E-state index contributed by atoms with van der Waals surface area (Å²) in [5.74, 6) is 1.90. The van der Waals surface area contributed by atoms with E-state index in [1.807, 2.05) is 30.6 Å². The first-order chi connectivity index (χ1) is 13.6. The van der Waals surface area contributed by atoms with Crippen molar-refractivity contribution in [3.63, 3.8) is 0 Å². The third-order valence-electron chi connectivity index (χ3n) is 6.98. The maximum Gasteiger partial charge on any atom is 0.145 e. The molecule has 0 aliphatic heterocycles. The lowest BCUT2D eigenvalue weighted by Crippen LogP contribution is -2.47. The van der Waals surface area contributed by atoms with Gasteiger partial charge in [0.1, 0.15) is 11.6 Å². The van der Waals surface area contributed by atoms with Gasteiger partial charge in [0, 0.05) is 47.1 Å². The molecule has 1 saturated carbocycles. The maximum absolute atomic E-state index is 12.4. The molecule has 0 amide bonds. The van der Waals surface area contributed by atoms with Gasteiger partial charge in [0.05, 0.1) is 5.69 Å². The van der Waals surface area contributed by atoms with Crippen LogP contribution in [0.2, 0.25) is 0 Å². The minimum atomic E-state index is -0.0390. The molecule has 0 spiro atoms. The minimum absolute atomic E-state index is 0.0390. The second-order valence-corrected chi connectivity index (χ2v) is 8.46. The second kappa shape index (κ2) is 6.40. The number of ketones is 1. The predicted octanol–water partition coefficient (Wildman–Crippen LogP) is 4.75. The Bertz CT molecular complexity index is 1020. The molecule has 5 rings (SSSR count). The summed E-state index contributed by atoms with van der Waals surface area (Å²) in [7, 11) is 0. The molecule has 0 N–H and O–H groups in total. The molecule has 1 fully saturated rings. The number of imidazole rings is 1. The molecule has 142 valence electrons. The first-order valence-electron chi connectivity index (χ1n) is 10.2. The topological polar surface area (TPSA) is 47.8 Å². The summed E-state index contributed by atoms with van der Waals surface area (Å²) in [5.41, 5.74) is 4.68. The predicted molar refractivity (Wildman–Crippen MR) is 109 cm³/mol. The monoisotopic (exact) mass is 371 g/mol. The van der Waals surface area contributed by atoms with Crippen LogP contribution < -0.4 is 0 Å². The Labute approximate surface area is 165 Å². The van der Waals surface area contributed by atoms with E-state index in [-0.39, 0.29) is 11.3 Å². The molecule has 4 heteroatoms. The normalized spacial score (nSPS) is 26.6. The van der Waals surface area contributed by atoms with Crippen molar-refractivity contribution >= 4 is 5.78 Å². The van der Waals surface area contributed by atoms with Gasteiger partial charge in [-0.1, -0.05) is 32.0 Å². The van der Waals surface area contributed by atoms with Crippen molar-refractivity contribution in [2.24, 2.45) is 11.8 Å². The standard InChI is InChI=1S/C24H25N3O/c1-16-19-8-9-20-22(24(19,2)13-10-21(16)28)26-23(17-11-14-25-15-12-17)27(20)18-6-4-3-5-7-18/h3-7,11-12,14-16,19H,8-10,13H2,1-2H3/t16?,19-,24-/m0/s1. The van der Waals surface area contributed by atoms with Crippen LogP contribution >= 0.6 is 0 Å². The largest absolute Gasteiger partial charge is 0.299 e. The van der Waals surface area contributed by atoms with Gasteiger partial charge >= 0.3 is 0 Å². The molecule has 3 aromatic rings. The van der Waals surface area contributed by atoms with Crippen LogP contribution in [-0.4, -0.2) is 20.3 Å². The SMILES string of the molecule is CC1C(=O)CC[C@]2(C)c3nc(-c4ccncc4)n(-c4ccccc4)c3CC[C@@H]12. The van der Waals surface area contributed by atoms with E-state index in [0.29, 0.717) is 18.1 Å². The zero-order valence-electron chi connectivity index (χ0n) is 16.4. The van der Waals surface area contributed by atoms with Crippen LogP contribution in [0, 0.1) is 11.8 Å². The zero-order chi connectivity index (χ0) is 19.3. The number of fused-ring (bicyclic) bond motifs is 3. The quantitative estimate of drug-likeness (QED) is 0.653. The average Bonchev–Trinajstić information content (AvgIpc) is 3.13. The Morgan fingerprint density at radius 2 is 1.82 bits per heavy atom. The van der Waals surface area contributed by atoms with E-state index in [0.717, 1.165) is 36.3 Å². The van der Waals surface area contributed by atoms with Crippen molar-refractivity contribution < 1.29 is 4.79 Å². The highest BCUT2D eigenvalue weighted by molar-refractivity contribution is 5.82. The lowest BCUT2D eigenvalue weighted by Gasteiger charge is -2.46. The first kappa shape index (κ1) is 17.4. The molecule has 0 bridgehead atoms. The first-order valence-corrected chi connectivity index (χ1v) is 10.2. The summed E-state index contributed by atoms with van der Waals surface area (Å²) in [6.45, 7) is 4.45. The van der Waals surface area contributed by atoms with Gasteiger partial charge in [0.25, 0.3) is 0 Å². The maximum atomic E-state index is 12.4. The van der Waals surface area contributed by atoms with E-state index in [1.165, 1.54) is 11.4 Å². The van der Waals surface area contributed by atoms with Crippen molar-refractivity contribution in [3.05, 3.63) is 66.2 Å². The van der Waals surface area contributed by atoms with Crippen molar-refractivity contribution in [3.8, 4) is 17.1 Å². The molecule has 0 radical (unpaired) electrons. The minimum Gasteiger partial charge on any atom is -0.299 e. The summed E-state index contributed by atoms with van der Waals surface area (Å²) in [6.07, 6.45) is 7.21. The van der Waals surface area contributed by atoms with E-state index < -0.39 is 0 Å². The van der Waals surface area contributed by atoms with E-state index >= 15 is 0 Å². The van der Waals surface area contributed by atoms with Crippen LogP contribution in [-0.2, 0) is 16.6 Å². The summed E-state index contributed by atoms with van der Waals surface area (Å²) < 4.78 is 2.33. The van der Waals surface area contributed by atoms with E-state index in [1.54, 1.807) is 0 Å². The number of carbonyl (C=O) groups is 1. The smallest absolute Gasteiger partial charge is 0.145 e. The fourth-order valence-corrected chi connectivity index (χ4v) is 5.42. The summed E-state index contributed by atoms with van der Waals surface area (Å²) in [5, 5.41) is 0. The van der Waals surface area contributed by atoms with E-state index in [4.69, 9.17) is 4.98 Å². The van der Waals surface area contributed by atoms with Crippen molar-refractivity contribution in [2.75, 3.05) is 0 Å². The summed E-state index contributed by atoms with van der Waals surface area (Å²) in [6, 6.07) is 14.5. The van der Waals surface area contributed by atoms with Gasteiger partial charge in [0.15, 0.2) is 0 Å². The number of carbonyl (C=O) groups excluding carboxylic acids is 1. The Morgan fingerprint density at radius 3 is 2.57 bits per heavy atom. The Kier molecular flexibility index (Phi) is 3.97. The molecule has 1 aromatic carbocycles. The Hall–Kier alpha value is -2.75. The fraction of sp³-hybridized carbons (Fsp3) is 0.375. The summed E-state index contributed by atoms with van der Waals surface area (Å²) >= 11 is 0. The molecule has 1 unspecified atom stereocenters. The van der Waals surface area contributed by atoms with Gasteiger partial charge in [-0.3, -0.25) is 14.3 Å². The zero-order valence-corrected chi connectivity index (χ0v) is 16.4. The van der Waals surface area contributed by atoms with Crippen molar-refractivity contribution in [1.82, 2.24) is 14.5 Å².